The zero-order chi connectivity index (χ0) is 38.6. The van der Waals surface area contributed by atoms with Crippen molar-refractivity contribution in [3.8, 4) is 56.8 Å². The third kappa shape index (κ3) is 5.62. The summed E-state index contributed by atoms with van der Waals surface area (Å²) in [6, 6.07) is 61.7. The number of aromatic nitrogens is 4. The van der Waals surface area contributed by atoms with Crippen LogP contribution in [0.2, 0.25) is 0 Å². The molecule has 5 nitrogen and oxygen atoms in total. The Bertz CT molecular complexity index is 3340. The van der Waals surface area contributed by atoms with E-state index < -0.39 is 0 Å². The van der Waals surface area contributed by atoms with Gasteiger partial charge in [-0.05, 0) is 109 Å². The first-order valence-corrected chi connectivity index (χ1v) is 19.7. The highest BCUT2D eigenvalue weighted by Gasteiger charge is 2.19. The van der Waals surface area contributed by atoms with E-state index in [9.17, 15) is 5.26 Å². The van der Waals surface area contributed by atoms with E-state index in [-0.39, 0.29) is 0 Å². The first-order chi connectivity index (χ1) is 28.7. The van der Waals surface area contributed by atoms with Crippen LogP contribution in [0, 0.1) is 11.3 Å². The van der Waals surface area contributed by atoms with Crippen molar-refractivity contribution >= 4 is 49.3 Å². The fourth-order valence-corrected chi connectivity index (χ4v) is 8.62. The lowest BCUT2D eigenvalue weighted by Crippen LogP contribution is -1.96. The Morgan fingerprint density at radius 1 is 0.448 bits per heavy atom. The van der Waals surface area contributed by atoms with Gasteiger partial charge in [0, 0.05) is 49.6 Å². The molecule has 0 unspecified atom stereocenters. The molecule has 11 rings (SSSR count). The predicted molar refractivity (Wildman–Crippen MR) is 238 cm³/mol. The third-order valence-corrected chi connectivity index (χ3v) is 11.4. The second kappa shape index (κ2) is 13.7. The molecule has 58 heavy (non-hydrogen) atoms. The average Bonchev–Trinajstić information content (AvgIpc) is 3.81. The molecule has 3 aromatic heterocycles. The van der Waals surface area contributed by atoms with Gasteiger partial charge >= 0.3 is 0 Å². The molecule has 1 aliphatic rings. The van der Waals surface area contributed by atoms with Crippen molar-refractivity contribution < 1.29 is 0 Å². The molecule has 0 atom stereocenters. The van der Waals surface area contributed by atoms with Gasteiger partial charge in [-0.3, -0.25) is 0 Å². The van der Waals surface area contributed by atoms with Crippen molar-refractivity contribution in [3.05, 3.63) is 194 Å². The summed E-state index contributed by atoms with van der Waals surface area (Å²) < 4.78 is 4.75. The van der Waals surface area contributed by atoms with Crippen LogP contribution in [0.15, 0.2) is 188 Å². The summed E-state index contributed by atoms with van der Waals surface area (Å²) in [5.41, 5.74) is 14.3. The summed E-state index contributed by atoms with van der Waals surface area (Å²) in [4.78, 5) is 10.3. The van der Waals surface area contributed by atoms with Gasteiger partial charge in [0.15, 0.2) is 5.82 Å². The summed E-state index contributed by atoms with van der Waals surface area (Å²) in [7, 11) is 0. The van der Waals surface area contributed by atoms with Crippen molar-refractivity contribution in [2.45, 2.75) is 12.8 Å². The number of allylic oxidation sites excluding steroid dienone is 4. The Kier molecular flexibility index (Phi) is 7.94. The SMILES string of the molecule is N#Cc1cccc(-c2cc(-c3ccccc3)nc(-c3ccc4c(c3)c3cc(-c5ccc6c(c5)c5ccccc5n6C5=CCCC=C5)ccc3n4-c3ccccc3)n2)c1. The lowest BCUT2D eigenvalue weighted by molar-refractivity contribution is 1.02. The maximum Gasteiger partial charge on any atom is 0.160 e. The molecule has 0 fully saturated rings. The van der Waals surface area contributed by atoms with E-state index in [1.807, 2.05) is 48.5 Å². The summed E-state index contributed by atoms with van der Waals surface area (Å²) in [6.07, 6.45) is 9.01. The van der Waals surface area contributed by atoms with Gasteiger partial charge in [-0.2, -0.15) is 5.26 Å². The first kappa shape index (κ1) is 33.5. The molecule has 10 aromatic rings. The number of rotatable bonds is 6. The fourth-order valence-electron chi connectivity index (χ4n) is 8.62. The molecule has 0 N–H and O–H groups in total. The van der Waals surface area contributed by atoms with Crippen molar-refractivity contribution in [2.75, 3.05) is 0 Å². The van der Waals surface area contributed by atoms with Gasteiger partial charge in [-0.25, -0.2) is 9.97 Å². The third-order valence-electron chi connectivity index (χ3n) is 11.4. The molecule has 5 heteroatoms. The van der Waals surface area contributed by atoms with Crippen LogP contribution >= 0.6 is 0 Å². The van der Waals surface area contributed by atoms with Crippen molar-refractivity contribution in [1.82, 2.24) is 19.1 Å². The van der Waals surface area contributed by atoms with Crippen LogP contribution in [0.25, 0.3) is 100 Å². The minimum absolute atomic E-state index is 0.591. The van der Waals surface area contributed by atoms with Gasteiger partial charge in [-0.1, -0.05) is 103 Å². The van der Waals surface area contributed by atoms with E-state index in [2.05, 4.69) is 155 Å². The second-order valence-electron chi connectivity index (χ2n) is 14.8. The Morgan fingerprint density at radius 3 is 1.74 bits per heavy atom. The highest BCUT2D eigenvalue weighted by atomic mass is 15.0. The lowest BCUT2D eigenvalue weighted by Gasteiger charge is -2.12. The Labute approximate surface area is 335 Å². The van der Waals surface area contributed by atoms with Crippen LogP contribution in [0.4, 0.5) is 0 Å². The molecule has 0 bridgehead atoms. The topological polar surface area (TPSA) is 59.4 Å². The van der Waals surface area contributed by atoms with E-state index in [4.69, 9.17) is 9.97 Å². The quantitative estimate of drug-likeness (QED) is 0.170. The Balaban J connectivity index is 1.11. The molecule has 7 aromatic carbocycles. The smallest absolute Gasteiger partial charge is 0.160 e. The minimum Gasteiger partial charge on any atom is -0.310 e. The molecule has 3 heterocycles. The molecular weight excluding hydrogens is 707 g/mol. The zero-order valence-corrected chi connectivity index (χ0v) is 31.5. The largest absolute Gasteiger partial charge is 0.310 e. The van der Waals surface area contributed by atoms with Crippen LogP contribution in [0.3, 0.4) is 0 Å². The number of hydrogen-bond acceptors (Lipinski definition) is 3. The minimum atomic E-state index is 0.591. The van der Waals surface area contributed by atoms with Gasteiger partial charge in [0.25, 0.3) is 0 Å². The molecule has 0 radical (unpaired) electrons. The van der Waals surface area contributed by atoms with Gasteiger partial charge in [0.05, 0.1) is 45.1 Å². The molecular formula is C53H35N5. The van der Waals surface area contributed by atoms with Crippen molar-refractivity contribution in [2.24, 2.45) is 0 Å². The zero-order valence-electron chi connectivity index (χ0n) is 31.5. The van der Waals surface area contributed by atoms with Crippen molar-refractivity contribution in [3.63, 3.8) is 0 Å². The molecule has 0 spiro atoms. The highest BCUT2D eigenvalue weighted by molar-refractivity contribution is 6.13. The summed E-state index contributed by atoms with van der Waals surface area (Å²) in [5, 5.41) is 14.5. The molecule has 0 saturated carbocycles. The summed E-state index contributed by atoms with van der Waals surface area (Å²) in [6.45, 7) is 0. The van der Waals surface area contributed by atoms with Gasteiger partial charge in [0.1, 0.15) is 0 Å². The van der Waals surface area contributed by atoms with Crippen LogP contribution in [0.5, 0.6) is 0 Å². The predicted octanol–water partition coefficient (Wildman–Crippen LogP) is 13.4. The summed E-state index contributed by atoms with van der Waals surface area (Å²) >= 11 is 0. The second-order valence-corrected chi connectivity index (χ2v) is 14.8. The molecule has 1 aliphatic carbocycles. The first-order valence-electron chi connectivity index (χ1n) is 19.7. The van der Waals surface area contributed by atoms with Gasteiger partial charge in [0.2, 0.25) is 0 Å². The van der Waals surface area contributed by atoms with Crippen LogP contribution < -0.4 is 0 Å². The van der Waals surface area contributed by atoms with Crippen LogP contribution in [0.1, 0.15) is 18.4 Å². The average molecular weight is 742 g/mol. The van der Waals surface area contributed by atoms with E-state index in [0.29, 0.717) is 11.4 Å². The Hall–Kier alpha value is -7.81. The summed E-state index contributed by atoms with van der Waals surface area (Å²) in [5.74, 6) is 0.627. The van der Waals surface area contributed by atoms with Gasteiger partial charge < -0.3 is 9.13 Å². The monoisotopic (exact) mass is 741 g/mol. The lowest BCUT2D eigenvalue weighted by atomic mass is 10.00. The number of para-hydroxylation sites is 2. The Morgan fingerprint density at radius 2 is 1.03 bits per heavy atom. The molecule has 272 valence electrons. The molecule has 0 saturated heterocycles. The van der Waals surface area contributed by atoms with Gasteiger partial charge in [-0.15, -0.1) is 0 Å². The van der Waals surface area contributed by atoms with E-state index in [1.165, 1.54) is 33.1 Å². The van der Waals surface area contributed by atoms with Crippen LogP contribution in [-0.4, -0.2) is 19.1 Å². The standard InChI is InChI=1S/C53H35N5/c54-34-35-13-12-16-39(29-35)48-33-47(36-14-4-1-5-15-36)55-53(56-48)40-25-28-52-46(32-40)45-31-38(24-27-51(45)58(52)42-19-8-3-9-20-42)37-23-26-50-44(30-37)43-21-10-11-22-49(43)57(50)41-17-6-2-7-18-41/h1,3-6,8-33H,2,7H2. The number of benzene rings is 7. The van der Waals surface area contributed by atoms with E-state index in [1.54, 1.807) is 0 Å². The number of fused-ring (bicyclic) bond motifs is 6. The maximum absolute atomic E-state index is 9.69. The fraction of sp³-hybridized carbons (Fsp3) is 0.0377. The normalized spacial score (nSPS) is 12.7. The molecule has 0 aliphatic heterocycles. The number of hydrogen-bond donors (Lipinski definition) is 0. The van der Waals surface area contributed by atoms with E-state index >= 15 is 0 Å². The number of nitrogens with zero attached hydrogens (tertiary/aromatic N) is 5. The maximum atomic E-state index is 9.69. The molecule has 0 amide bonds. The highest BCUT2D eigenvalue weighted by Crippen LogP contribution is 2.40. The van der Waals surface area contributed by atoms with E-state index in [0.717, 1.165) is 74.0 Å². The van der Waals surface area contributed by atoms with Crippen LogP contribution in [-0.2, 0) is 0 Å². The number of nitriles is 1. The van der Waals surface area contributed by atoms with Crippen molar-refractivity contribution in [1.29, 1.82) is 5.26 Å².